The van der Waals surface area contributed by atoms with Crippen molar-refractivity contribution < 1.29 is 19.4 Å². The van der Waals surface area contributed by atoms with Crippen LogP contribution in [0.2, 0.25) is 18.1 Å². The number of anilines is 1. The summed E-state index contributed by atoms with van der Waals surface area (Å²) in [5.74, 6) is 0.410. The highest BCUT2D eigenvalue weighted by Crippen LogP contribution is 2.42. The van der Waals surface area contributed by atoms with Crippen molar-refractivity contribution in [2.24, 2.45) is 5.92 Å². The minimum Gasteiger partial charge on any atom is -0.506 e. The molecule has 61 heavy (non-hydrogen) atoms. The smallest absolute Gasteiger partial charge is 0.412 e. The molecule has 9 rings (SSSR count). The van der Waals surface area contributed by atoms with Crippen LogP contribution in [0.4, 0.5) is 10.5 Å². The number of carboxylic acid groups (broad SMARTS) is 1. The van der Waals surface area contributed by atoms with Crippen LogP contribution in [-0.2, 0) is 23.9 Å². The lowest BCUT2D eigenvalue weighted by molar-refractivity contribution is 0.0837. The van der Waals surface area contributed by atoms with Crippen LogP contribution in [0.15, 0.2) is 95.8 Å². The maximum absolute atomic E-state index is 13.0. The van der Waals surface area contributed by atoms with Gasteiger partial charge in [-0.2, -0.15) is 15.0 Å². The third-order valence-corrected chi connectivity index (χ3v) is 17.8. The number of H-pyrrole nitrogens is 1. The maximum Gasteiger partial charge on any atom is 0.412 e. The number of rotatable bonds is 15. The van der Waals surface area contributed by atoms with Crippen molar-refractivity contribution >= 4 is 42.0 Å². The van der Waals surface area contributed by atoms with E-state index in [1.54, 1.807) is 21.8 Å². The maximum atomic E-state index is 13.0. The van der Waals surface area contributed by atoms with Crippen molar-refractivity contribution in [2.45, 2.75) is 96.2 Å². The van der Waals surface area contributed by atoms with Gasteiger partial charge in [-0.15, -0.1) is 0 Å². The summed E-state index contributed by atoms with van der Waals surface area (Å²) in [5, 5.41) is 35.2. The van der Waals surface area contributed by atoms with Gasteiger partial charge >= 0.3 is 6.09 Å². The number of unbranched alkanes of at least 4 members (excludes halogenated alkanes) is 1. The quantitative estimate of drug-likeness (QED) is 0.0587. The number of benzene rings is 4. The monoisotopic (exact) mass is 841 g/mol. The van der Waals surface area contributed by atoms with E-state index in [0.717, 1.165) is 102 Å². The Hall–Kier alpha value is -5.34. The molecule has 4 aromatic carbocycles. The number of phenols is 1. The fraction of sp³-hybridized carbons (Fsp3) is 0.417. The van der Waals surface area contributed by atoms with E-state index in [-0.39, 0.29) is 28.5 Å². The summed E-state index contributed by atoms with van der Waals surface area (Å²) >= 11 is 0. The Morgan fingerprint density at radius 2 is 1.70 bits per heavy atom. The van der Waals surface area contributed by atoms with Crippen molar-refractivity contribution in [3.05, 3.63) is 118 Å². The average Bonchev–Trinajstić information content (AvgIpc) is 3.65. The molecule has 0 radical (unpaired) electrons. The van der Waals surface area contributed by atoms with E-state index in [4.69, 9.17) is 14.6 Å². The van der Waals surface area contributed by atoms with Crippen molar-refractivity contribution in [2.75, 3.05) is 31.1 Å². The number of pyridine rings is 1. The summed E-state index contributed by atoms with van der Waals surface area (Å²) in [4.78, 5) is 33.8. The molecule has 3 fully saturated rings. The van der Waals surface area contributed by atoms with Gasteiger partial charge < -0.3 is 29.8 Å². The zero-order valence-electron chi connectivity index (χ0n) is 36.0. The molecular formula is C48H59N7O5Si. The van der Waals surface area contributed by atoms with Crippen molar-refractivity contribution in [1.82, 2.24) is 30.2 Å². The van der Waals surface area contributed by atoms with Gasteiger partial charge in [0.25, 0.3) is 0 Å². The van der Waals surface area contributed by atoms with E-state index in [1.165, 1.54) is 6.07 Å². The summed E-state index contributed by atoms with van der Waals surface area (Å²) < 4.78 is 6.99. The fourth-order valence-corrected chi connectivity index (χ4v) is 10.2. The highest BCUT2D eigenvalue weighted by atomic mass is 28.4. The van der Waals surface area contributed by atoms with Crippen molar-refractivity contribution in [1.29, 1.82) is 0 Å². The lowest BCUT2D eigenvalue weighted by atomic mass is 9.82. The second kappa shape index (κ2) is 17.6. The normalized spacial score (nSPS) is 18.5. The van der Waals surface area contributed by atoms with Gasteiger partial charge in [-0.3, -0.25) is 9.69 Å². The molecule has 6 aromatic rings. The Labute approximate surface area is 358 Å². The van der Waals surface area contributed by atoms with Crippen LogP contribution in [0.5, 0.6) is 5.75 Å². The first-order valence-electron chi connectivity index (χ1n) is 21.7. The number of aromatic nitrogens is 4. The molecule has 4 N–H and O–H groups in total. The zero-order chi connectivity index (χ0) is 42.9. The summed E-state index contributed by atoms with van der Waals surface area (Å²) in [5.41, 5.74) is 7.70. The number of aryl methyl sites for hydroxylation is 2. The molecule has 2 aromatic heterocycles. The van der Waals surface area contributed by atoms with Crippen LogP contribution in [0.1, 0.15) is 69.2 Å². The Kier molecular flexibility index (Phi) is 12.2. The van der Waals surface area contributed by atoms with Gasteiger partial charge in [-0.25, -0.2) is 4.79 Å². The Bertz CT molecular complexity index is 2560. The number of aromatic hydroxyl groups is 1. The lowest BCUT2D eigenvalue weighted by Gasteiger charge is -2.48. The highest BCUT2D eigenvalue weighted by Gasteiger charge is 2.41. The number of nitrogens with one attached hydrogen (secondary N) is 2. The standard InChI is InChI=1S/C48H59N7O5Si/c1-48(2,3)61(4,5)60-44(37-17-20-43(56)46-38(37)18-21-45(57)50-46)30-49-29-33-15-19-39-40(27-33)52-54(51-39)24-10-9-11-32-14-16-36(34-12-7-6-8-13-34)41(28-32)55(47(58)59)42-31-53-25-22-35(42)23-26-53/h6-8,12-21,27-28,35,42,44,49,56H,9-11,22-26,29-31H2,1-5H3,(H,50,57)(H,58,59)/t42?,44-/m0/s1. The largest absolute Gasteiger partial charge is 0.506 e. The Balaban J connectivity index is 0.921. The van der Waals surface area contributed by atoms with Gasteiger partial charge in [0.2, 0.25) is 5.56 Å². The average molecular weight is 842 g/mol. The number of phenolic OH excluding ortho intramolecular Hbond substituents is 1. The first kappa shape index (κ1) is 42.4. The summed E-state index contributed by atoms with van der Waals surface area (Å²) in [6.45, 7) is 15.8. The van der Waals surface area contributed by atoms with Gasteiger partial charge in [0, 0.05) is 36.7 Å². The number of piperidine rings is 3. The topological polar surface area (TPSA) is 149 Å². The van der Waals surface area contributed by atoms with Crippen LogP contribution in [0.3, 0.4) is 0 Å². The minimum absolute atomic E-state index is 0.0165. The molecule has 2 bridgehead atoms. The zero-order valence-corrected chi connectivity index (χ0v) is 37.0. The third kappa shape index (κ3) is 9.30. The first-order chi connectivity index (χ1) is 29.2. The van der Waals surface area contributed by atoms with Crippen LogP contribution in [0, 0.1) is 5.92 Å². The van der Waals surface area contributed by atoms with E-state index < -0.39 is 14.4 Å². The predicted molar refractivity (Wildman–Crippen MR) is 245 cm³/mol. The molecular weight excluding hydrogens is 783 g/mol. The number of fused-ring (bicyclic) bond motifs is 5. The van der Waals surface area contributed by atoms with Crippen LogP contribution >= 0.6 is 0 Å². The third-order valence-electron chi connectivity index (χ3n) is 13.3. The molecule has 320 valence electrons. The molecule has 5 heterocycles. The highest BCUT2D eigenvalue weighted by molar-refractivity contribution is 6.74. The molecule has 3 aliphatic rings. The van der Waals surface area contributed by atoms with E-state index in [9.17, 15) is 19.8 Å². The van der Waals surface area contributed by atoms with E-state index in [2.05, 4.69) is 91.5 Å². The molecule has 13 heteroatoms. The van der Waals surface area contributed by atoms with Crippen molar-refractivity contribution in [3.8, 4) is 16.9 Å². The molecule has 0 spiro atoms. The number of aromatic amines is 1. The predicted octanol–water partition coefficient (Wildman–Crippen LogP) is 9.10. The number of carbonyl (C=O) groups is 1. The molecule has 3 saturated heterocycles. The van der Waals surface area contributed by atoms with Gasteiger partial charge in [0.05, 0.1) is 29.9 Å². The Morgan fingerprint density at radius 1 is 0.951 bits per heavy atom. The number of nitrogens with zero attached hydrogens (tertiary/aromatic N) is 5. The summed E-state index contributed by atoms with van der Waals surface area (Å²) in [7, 11) is -2.21. The fourth-order valence-electron chi connectivity index (χ4n) is 8.88. The van der Waals surface area contributed by atoms with E-state index in [1.807, 2.05) is 30.3 Å². The van der Waals surface area contributed by atoms with Crippen LogP contribution in [0.25, 0.3) is 33.1 Å². The minimum atomic E-state index is -2.21. The van der Waals surface area contributed by atoms with Gasteiger partial charge in [0.1, 0.15) is 16.8 Å². The number of amides is 1. The second-order valence-electron chi connectivity index (χ2n) is 18.4. The van der Waals surface area contributed by atoms with Gasteiger partial charge in [-0.1, -0.05) is 75.4 Å². The summed E-state index contributed by atoms with van der Waals surface area (Å²) in [6, 6.07) is 29.4. The molecule has 2 atom stereocenters. The van der Waals surface area contributed by atoms with Crippen LogP contribution in [-0.4, -0.2) is 81.7 Å². The molecule has 1 amide bonds. The van der Waals surface area contributed by atoms with E-state index in [0.29, 0.717) is 31.1 Å². The van der Waals surface area contributed by atoms with Gasteiger partial charge in [0.15, 0.2) is 8.32 Å². The van der Waals surface area contributed by atoms with Crippen molar-refractivity contribution in [3.63, 3.8) is 0 Å². The van der Waals surface area contributed by atoms with Crippen LogP contribution < -0.4 is 15.8 Å². The number of hydrogen-bond donors (Lipinski definition) is 4. The first-order valence-corrected chi connectivity index (χ1v) is 24.6. The molecule has 12 nitrogen and oxygen atoms in total. The lowest BCUT2D eigenvalue weighted by Crippen LogP contribution is -2.59. The second-order valence-corrected chi connectivity index (χ2v) is 23.2. The molecule has 0 aliphatic carbocycles. The number of hydrogen-bond acceptors (Lipinski definition) is 8. The molecule has 3 aliphatic heterocycles. The molecule has 0 saturated carbocycles. The van der Waals surface area contributed by atoms with E-state index >= 15 is 0 Å². The summed E-state index contributed by atoms with van der Waals surface area (Å²) in [6.07, 6.45) is 3.51. The Morgan fingerprint density at radius 3 is 2.43 bits per heavy atom. The molecule has 1 unspecified atom stereocenters. The van der Waals surface area contributed by atoms with Gasteiger partial charge in [-0.05, 0) is 122 Å². The SMILES string of the molecule is CC(C)(C)[Si](C)(C)O[C@@H](CNCc1ccc2nn(CCCCc3ccc(-c4ccccc4)c(N(C(=O)O)C4CN5CCC4CC5)c3)nc2c1)c1ccc(O)c2[nH]c(=O)ccc12.